The summed E-state index contributed by atoms with van der Waals surface area (Å²) >= 11 is 7.53. The smallest absolute Gasteiger partial charge is 0.337 e. The molecule has 0 aliphatic rings. The SMILES string of the molecule is COC(=O)c1ccc2c(c1)nc1scc(-c3ccc(Cl)cc3)n12. The zero-order valence-corrected chi connectivity index (χ0v) is 13.7. The van der Waals surface area contributed by atoms with Gasteiger partial charge in [-0.05, 0) is 35.9 Å². The highest BCUT2D eigenvalue weighted by Gasteiger charge is 2.14. The third-order valence-corrected chi connectivity index (χ3v) is 4.78. The quantitative estimate of drug-likeness (QED) is 0.498. The Morgan fingerprint density at radius 2 is 2.00 bits per heavy atom. The van der Waals surface area contributed by atoms with Crippen molar-refractivity contribution in [1.82, 2.24) is 9.38 Å². The van der Waals surface area contributed by atoms with Crippen LogP contribution in [0.15, 0.2) is 47.8 Å². The van der Waals surface area contributed by atoms with Gasteiger partial charge in [-0.3, -0.25) is 4.40 Å². The van der Waals surface area contributed by atoms with Gasteiger partial charge in [0.1, 0.15) is 0 Å². The van der Waals surface area contributed by atoms with E-state index in [1.165, 1.54) is 7.11 Å². The monoisotopic (exact) mass is 342 g/mol. The number of imidazole rings is 1. The molecule has 4 rings (SSSR count). The second-order valence-corrected chi connectivity index (χ2v) is 6.33. The van der Waals surface area contributed by atoms with Gasteiger partial charge in [0, 0.05) is 10.4 Å². The Morgan fingerprint density at radius 3 is 2.74 bits per heavy atom. The number of esters is 1. The van der Waals surface area contributed by atoms with Crippen LogP contribution in [0.2, 0.25) is 5.02 Å². The molecule has 0 unspecified atom stereocenters. The Bertz CT molecular complexity index is 1030. The van der Waals surface area contributed by atoms with Crippen molar-refractivity contribution in [2.45, 2.75) is 0 Å². The minimum Gasteiger partial charge on any atom is -0.465 e. The van der Waals surface area contributed by atoms with E-state index in [1.807, 2.05) is 30.3 Å². The van der Waals surface area contributed by atoms with Gasteiger partial charge in [-0.2, -0.15) is 0 Å². The molecule has 0 bridgehead atoms. The van der Waals surface area contributed by atoms with E-state index >= 15 is 0 Å². The number of hydrogen-bond donors (Lipinski definition) is 0. The average Bonchev–Trinajstić information content (AvgIpc) is 3.13. The number of methoxy groups -OCH3 is 1. The van der Waals surface area contributed by atoms with Gasteiger partial charge in [-0.1, -0.05) is 23.7 Å². The van der Waals surface area contributed by atoms with E-state index in [1.54, 1.807) is 23.5 Å². The number of nitrogens with zero attached hydrogens (tertiary/aromatic N) is 2. The molecule has 4 aromatic rings. The standard InChI is InChI=1S/C17H11ClN2O2S/c1-22-16(21)11-4-7-14-13(8-11)19-17-20(14)15(9-23-17)10-2-5-12(18)6-3-10/h2-9H,1H3. The summed E-state index contributed by atoms with van der Waals surface area (Å²) in [5, 5.41) is 2.78. The van der Waals surface area contributed by atoms with Crippen molar-refractivity contribution < 1.29 is 9.53 Å². The molecule has 23 heavy (non-hydrogen) atoms. The Balaban J connectivity index is 1.94. The highest BCUT2D eigenvalue weighted by atomic mass is 35.5. The van der Waals surface area contributed by atoms with E-state index < -0.39 is 0 Å². The Kier molecular flexibility index (Phi) is 3.32. The number of thiazole rings is 1. The number of hydrogen-bond acceptors (Lipinski definition) is 4. The topological polar surface area (TPSA) is 43.6 Å². The summed E-state index contributed by atoms with van der Waals surface area (Å²) in [5.74, 6) is -0.360. The van der Waals surface area contributed by atoms with Crippen molar-refractivity contribution in [1.29, 1.82) is 0 Å². The summed E-state index contributed by atoms with van der Waals surface area (Å²) < 4.78 is 6.85. The number of benzene rings is 2. The third-order valence-electron chi connectivity index (χ3n) is 3.70. The van der Waals surface area contributed by atoms with Gasteiger partial charge in [-0.15, -0.1) is 11.3 Å². The lowest BCUT2D eigenvalue weighted by molar-refractivity contribution is 0.0601. The number of ether oxygens (including phenoxy) is 1. The molecule has 0 aliphatic heterocycles. The lowest BCUT2D eigenvalue weighted by atomic mass is 10.1. The fourth-order valence-electron chi connectivity index (χ4n) is 2.59. The Hall–Kier alpha value is -2.37. The normalized spacial score (nSPS) is 11.2. The molecule has 2 heterocycles. The van der Waals surface area contributed by atoms with Crippen molar-refractivity contribution in [2.75, 3.05) is 7.11 Å². The molecule has 4 nitrogen and oxygen atoms in total. The van der Waals surface area contributed by atoms with Crippen LogP contribution in [-0.2, 0) is 4.74 Å². The van der Waals surface area contributed by atoms with Gasteiger partial charge < -0.3 is 4.74 Å². The first kappa shape index (κ1) is 14.2. The number of carbonyl (C=O) groups is 1. The number of rotatable bonds is 2. The van der Waals surface area contributed by atoms with Crippen LogP contribution in [0.3, 0.4) is 0 Å². The lowest BCUT2D eigenvalue weighted by Gasteiger charge is -2.02. The van der Waals surface area contributed by atoms with Crippen molar-refractivity contribution >= 4 is 44.9 Å². The van der Waals surface area contributed by atoms with Crippen LogP contribution in [0.5, 0.6) is 0 Å². The van der Waals surface area contributed by atoms with Crippen LogP contribution in [0.1, 0.15) is 10.4 Å². The first-order chi connectivity index (χ1) is 11.2. The van der Waals surface area contributed by atoms with Crippen molar-refractivity contribution in [3.8, 4) is 11.3 Å². The molecule has 0 saturated carbocycles. The highest BCUT2D eigenvalue weighted by molar-refractivity contribution is 7.15. The van der Waals surface area contributed by atoms with Gasteiger partial charge in [0.15, 0.2) is 4.96 Å². The van der Waals surface area contributed by atoms with E-state index in [0.717, 1.165) is 27.3 Å². The first-order valence-corrected chi connectivity index (χ1v) is 8.17. The van der Waals surface area contributed by atoms with Crippen LogP contribution in [-0.4, -0.2) is 22.5 Å². The van der Waals surface area contributed by atoms with Crippen molar-refractivity contribution in [2.24, 2.45) is 0 Å². The van der Waals surface area contributed by atoms with Crippen LogP contribution in [0.25, 0.3) is 27.3 Å². The molecule has 0 aliphatic carbocycles. The molecule has 0 fully saturated rings. The molecular formula is C17H11ClN2O2S. The van der Waals surface area contributed by atoms with E-state index in [0.29, 0.717) is 10.6 Å². The fourth-order valence-corrected chi connectivity index (χ4v) is 3.63. The molecule has 0 N–H and O–H groups in total. The molecule has 0 radical (unpaired) electrons. The predicted octanol–water partition coefficient (Wildman–Crippen LogP) is 4.66. The zero-order valence-electron chi connectivity index (χ0n) is 12.1. The number of aromatic nitrogens is 2. The average molecular weight is 343 g/mol. The molecule has 2 aromatic heterocycles. The second-order valence-electron chi connectivity index (χ2n) is 5.05. The van der Waals surface area contributed by atoms with Gasteiger partial charge in [-0.25, -0.2) is 9.78 Å². The maximum Gasteiger partial charge on any atom is 0.337 e. The molecular weight excluding hydrogens is 332 g/mol. The summed E-state index contributed by atoms with van der Waals surface area (Å²) in [4.78, 5) is 17.1. The second kappa shape index (κ2) is 5.37. The fraction of sp³-hybridized carbons (Fsp3) is 0.0588. The minimum absolute atomic E-state index is 0.360. The molecule has 0 atom stereocenters. The van der Waals surface area contributed by atoms with Crippen LogP contribution >= 0.6 is 22.9 Å². The third kappa shape index (κ3) is 2.29. The van der Waals surface area contributed by atoms with Gasteiger partial charge in [0.2, 0.25) is 0 Å². The number of carbonyl (C=O) groups excluding carboxylic acids is 1. The zero-order chi connectivity index (χ0) is 16.0. The first-order valence-electron chi connectivity index (χ1n) is 6.91. The van der Waals surface area contributed by atoms with Crippen molar-refractivity contribution in [3.63, 3.8) is 0 Å². The summed E-state index contributed by atoms with van der Waals surface area (Å²) in [6, 6.07) is 13.1. The molecule has 2 aromatic carbocycles. The summed E-state index contributed by atoms with van der Waals surface area (Å²) in [6.45, 7) is 0. The van der Waals surface area contributed by atoms with E-state index in [9.17, 15) is 4.79 Å². The van der Waals surface area contributed by atoms with E-state index in [4.69, 9.17) is 16.3 Å². The molecule has 0 amide bonds. The minimum atomic E-state index is -0.360. The maximum atomic E-state index is 11.7. The number of fused-ring (bicyclic) bond motifs is 3. The molecule has 6 heteroatoms. The van der Waals surface area contributed by atoms with Gasteiger partial charge in [0.05, 0.1) is 29.4 Å². The van der Waals surface area contributed by atoms with Crippen LogP contribution < -0.4 is 0 Å². The molecule has 114 valence electrons. The molecule has 0 saturated heterocycles. The van der Waals surface area contributed by atoms with Gasteiger partial charge >= 0.3 is 5.97 Å². The van der Waals surface area contributed by atoms with Crippen LogP contribution in [0.4, 0.5) is 0 Å². The largest absolute Gasteiger partial charge is 0.465 e. The van der Waals surface area contributed by atoms with Crippen molar-refractivity contribution in [3.05, 3.63) is 58.4 Å². The van der Waals surface area contributed by atoms with E-state index in [-0.39, 0.29) is 5.97 Å². The van der Waals surface area contributed by atoms with Gasteiger partial charge in [0.25, 0.3) is 0 Å². The summed E-state index contributed by atoms with van der Waals surface area (Å²) in [7, 11) is 1.37. The molecule has 0 spiro atoms. The summed E-state index contributed by atoms with van der Waals surface area (Å²) in [5.41, 5.74) is 4.35. The highest BCUT2D eigenvalue weighted by Crippen LogP contribution is 2.31. The Morgan fingerprint density at radius 1 is 1.22 bits per heavy atom. The maximum absolute atomic E-state index is 11.7. The Labute approximate surface area is 140 Å². The van der Waals surface area contributed by atoms with Crippen LogP contribution in [0, 0.1) is 0 Å². The lowest BCUT2D eigenvalue weighted by Crippen LogP contribution is -2.00. The summed E-state index contributed by atoms with van der Waals surface area (Å²) in [6.07, 6.45) is 0. The predicted molar refractivity (Wildman–Crippen MR) is 92.4 cm³/mol. The van der Waals surface area contributed by atoms with E-state index in [2.05, 4.69) is 14.8 Å². The number of halogens is 1.